The molecule has 29 heavy (non-hydrogen) atoms. The minimum absolute atomic E-state index is 0.107. The van der Waals surface area contributed by atoms with Gasteiger partial charge in [-0.15, -0.1) is 0 Å². The summed E-state index contributed by atoms with van der Waals surface area (Å²) in [4.78, 5) is 16.8. The number of amides is 1. The van der Waals surface area contributed by atoms with Crippen LogP contribution in [0.5, 0.6) is 5.75 Å². The van der Waals surface area contributed by atoms with Gasteiger partial charge in [0.2, 0.25) is 5.91 Å². The second-order valence-electron chi connectivity index (χ2n) is 7.67. The lowest BCUT2D eigenvalue weighted by Crippen LogP contribution is -2.40. The third kappa shape index (κ3) is 3.99. The quantitative estimate of drug-likeness (QED) is 0.674. The predicted molar refractivity (Wildman–Crippen MR) is 118 cm³/mol. The maximum Gasteiger partial charge on any atom is 0.242 e. The van der Waals surface area contributed by atoms with Gasteiger partial charge in [-0.05, 0) is 65.1 Å². The van der Waals surface area contributed by atoms with Crippen LogP contribution in [0.15, 0.2) is 54.6 Å². The summed E-state index contributed by atoms with van der Waals surface area (Å²) < 4.78 is 5.29. The molecule has 0 unspecified atom stereocenters. The fourth-order valence-corrected chi connectivity index (χ4v) is 4.04. The first-order valence-corrected chi connectivity index (χ1v) is 9.98. The maximum absolute atomic E-state index is 12.9. The number of hydrogen-bond donors (Lipinski definition) is 1. The lowest BCUT2D eigenvalue weighted by molar-refractivity contribution is -0.129. The van der Waals surface area contributed by atoms with Crippen LogP contribution in [0, 0.1) is 0 Å². The molecule has 0 spiro atoms. The minimum atomic E-state index is 0.107. The Balaban J connectivity index is 1.45. The summed E-state index contributed by atoms with van der Waals surface area (Å²) in [6.07, 6.45) is 2.00. The number of nitrogen functional groups attached to an aromatic ring is 1. The second kappa shape index (κ2) is 8.03. The molecule has 1 aliphatic heterocycles. The van der Waals surface area contributed by atoms with Crippen molar-refractivity contribution in [2.75, 3.05) is 37.9 Å². The van der Waals surface area contributed by atoms with E-state index in [2.05, 4.69) is 35.2 Å². The van der Waals surface area contributed by atoms with Crippen LogP contribution in [-0.4, -0.2) is 38.1 Å². The van der Waals surface area contributed by atoms with Gasteiger partial charge in [0, 0.05) is 31.5 Å². The van der Waals surface area contributed by atoms with E-state index in [0.717, 1.165) is 52.8 Å². The fraction of sp³-hybridized carbons (Fsp3) is 0.292. The van der Waals surface area contributed by atoms with E-state index in [4.69, 9.17) is 10.5 Å². The number of nitrogens with zero attached hydrogens (tertiary/aromatic N) is 2. The molecule has 1 amide bonds. The van der Waals surface area contributed by atoms with Gasteiger partial charge in [0.15, 0.2) is 0 Å². The third-order valence-corrected chi connectivity index (χ3v) is 5.67. The molecule has 0 bridgehead atoms. The number of rotatable bonds is 5. The van der Waals surface area contributed by atoms with E-state index >= 15 is 0 Å². The summed E-state index contributed by atoms with van der Waals surface area (Å²) in [6, 6.07) is 18.3. The molecule has 5 nitrogen and oxygen atoms in total. The van der Waals surface area contributed by atoms with Gasteiger partial charge in [-0.1, -0.05) is 24.3 Å². The van der Waals surface area contributed by atoms with E-state index in [9.17, 15) is 4.79 Å². The molecule has 0 saturated carbocycles. The first kappa shape index (κ1) is 19.1. The molecular formula is C24H27N3O2. The number of hydrogen-bond acceptors (Lipinski definition) is 4. The number of benzene rings is 3. The van der Waals surface area contributed by atoms with Gasteiger partial charge in [0.05, 0.1) is 13.7 Å². The predicted octanol–water partition coefficient (Wildman–Crippen LogP) is 3.84. The number of anilines is 2. The van der Waals surface area contributed by atoms with Crippen LogP contribution in [-0.2, 0) is 17.8 Å². The van der Waals surface area contributed by atoms with Crippen molar-refractivity contribution in [3.8, 4) is 5.75 Å². The Morgan fingerprint density at radius 3 is 2.76 bits per heavy atom. The van der Waals surface area contributed by atoms with Crippen molar-refractivity contribution >= 4 is 28.1 Å². The second-order valence-corrected chi connectivity index (χ2v) is 7.67. The van der Waals surface area contributed by atoms with Crippen LogP contribution < -0.4 is 15.4 Å². The number of carbonyl (C=O) groups is 1. The first-order chi connectivity index (χ1) is 14.0. The van der Waals surface area contributed by atoms with E-state index in [1.807, 2.05) is 31.3 Å². The molecular weight excluding hydrogens is 362 g/mol. The highest BCUT2D eigenvalue weighted by molar-refractivity contribution is 5.85. The van der Waals surface area contributed by atoms with Gasteiger partial charge in [0.25, 0.3) is 0 Å². The van der Waals surface area contributed by atoms with Crippen LogP contribution >= 0.6 is 0 Å². The minimum Gasteiger partial charge on any atom is -0.497 e. The molecule has 5 heteroatoms. The van der Waals surface area contributed by atoms with Gasteiger partial charge in [-0.2, -0.15) is 0 Å². The van der Waals surface area contributed by atoms with Crippen molar-refractivity contribution in [2.24, 2.45) is 0 Å². The number of fused-ring (bicyclic) bond motifs is 2. The van der Waals surface area contributed by atoms with E-state index in [-0.39, 0.29) is 5.91 Å². The number of nitrogens with two attached hydrogens (primary N) is 1. The van der Waals surface area contributed by atoms with Gasteiger partial charge < -0.3 is 20.3 Å². The SMILES string of the molecule is COc1ccc2cc(CN(C)C(=O)CN3CCCc4c(N)cccc43)ccc2c1. The van der Waals surface area contributed by atoms with Gasteiger partial charge in [0.1, 0.15) is 5.75 Å². The first-order valence-electron chi connectivity index (χ1n) is 9.98. The Labute approximate surface area is 171 Å². The van der Waals surface area contributed by atoms with Crippen LogP contribution in [0.4, 0.5) is 11.4 Å². The summed E-state index contributed by atoms with van der Waals surface area (Å²) in [5.41, 5.74) is 10.3. The van der Waals surface area contributed by atoms with Crippen LogP contribution in [0.2, 0.25) is 0 Å². The molecule has 1 aliphatic rings. The molecule has 0 atom stereocenters. The molecule has 3 aromatic carbocycles. The normalized spacial score (nSPS) is 13.2. The Bertz CT molecular complexity index is 1050. The van der Waals surface area contributed by atoms with E-state index in [1.165, 1.54) is 5.56 Å². The summed E-state index contributed by atoms with van der Waals surface area (Å²) in [5.74, 6) is 0.954. The van der Waals surface area contributed by atoms with Gasteiger partial charge >= 0.3 is 0 Å². The summed E-state index contributed by atoms with van der Waals surface area (Å²) >= 11 is 0. The Morgan fingerprint density at radius 1 is 1.14 bits per heavy atom. The van der Waals surface area contributed by atoms with Crippen molar-refractivity contribution in [1.29, 1.82) is 0 Å². The van der Waals surface area contributed by atoms with Crippen molar-refractivity contribution in [1.82, 2.24) is 4.90 Å². The smallest absolute Gasteiger partial charge is 0.242 e. The molecule has 3 aromatic rings. The van der Waals surface area contributed by atoms with Crippen LogP contribution in [0.1, 0.15) is 17.5 Å². The maximum atomic E-state index is 12.9. The lowest BCUT2D eigenvalue weighted by atomic mass is 10.00. The monoisotopic (exact) mass is 389 g/mol. The van der Waals surface area contributed by atoms with Crippen molar-refractivity contribution < 1.29 is 9.53 Å². The Morgan fingerprint density at radius 2 is 1.93 bits per heavy atom. The molecule has 1 heterocycles. The largest absolute Gasteiger partial charge is 0.497 e. The van der Waals surface area contributed by atoms with Crippen molar-refractivity contribution in [3.05, 3.63) is 65.7 Å². The van der Waals surface area contributed by atoms with Crippen molar-refractivity contribution in [3.63, 3.8) is 0 Å². The average Bonchev–Trinajstić information content (AvgIpc) is 2.74. The number of carbonyl (C=O) groups excluding carboxylic acids is 1. The average molecular weight is 389 g/mol. The topological polar surface area (TPSA) is 58.8 Å². The zero-order valence-corrected chi connectivity index (χ0v) is 17.0. The fourth-order valence-electron chi connectivity index (χ4n) is 4.04. The molecule has 150 valence electrons. The van der Waals surface area contributed by atoms with Crippen LogP contribution in [0.3, 0.4) is 0 Å². The van der Waals surface area contributed by atoms with Crippen LogP contribution in [0.25, 0.3) is 10.8 Å². The summed E-state index contributed by atoms with van der Waals surface area (Å²) in [6.45, 7) is 1.84. The molecule has 2 N–H and O–H groups in total. The highest BCUT2D eigenvalue weighted by Gasteiger charge is 2.22. The highest BCUT2D eigenvalue weighted by Crippen LogP contribution is 2.31. The zero-order chi connectivity index (χ0) is 20.4. The molecule has 0 saturated heterocycles. The van der Waals surface area contributed by atoms with Gasteiger partial charge in [-0.3, -0.25) is 4.79 Å². The van der Waals surface area contributed by atoms with E-state index < -0.39 is 0 Å². The van der Waals surface area contributed by atoms with E-state index in [0.29, 0.717) is 13.1 Å². The highest BCUT2D eigenvalue weighted by atomic mass is 16.5. The molecule has 4 rings (SSSR count). The summed E-state index contributed by atoms with van der Waals surface area (Å²) in [5, 5.41) is 2.27. The molecule has 0 aliphatic carbocycles. The Kier molecular flexibility index (Phi) is 5.30. The van der Waals surface area contributed by atoms with Gasteiger partial charge in [-0.25, -0.2) is 0 Å². The Hall–Kier alpha value is -3.21. The number of ether oxygens (including phenoxy) is 1. The molecule has 0 aromatic heterocycles. The lowest BCUT2D eigenvalue weighted by Gasteiger charge is -2.32. The number of methoxy groups -OCH3 is 1. The number of likely N-dealkylation sites (N-methyl/N-ethyl adjacent to an activating group) is 1. The third-order valence-electron chi connectivity index (χ3n) is 5.67. The summed E-state index contributed by atoms with van der Waals surface area (Å²) in [7, 11) is 3.54. The standard InChI is InChI=1S/C24H27N3O2/c1-26(15-17-8-9-19-14-20(29-2)11-10-18(19)13-17)24(28)16-27-12-4-5-21-22(25)6-3-7-23(21)27/h3,6-11,13-14H,4-5,12,15-16,25H2,1-2H3. The zero-order valence-electron chi connectivity index (χ0n) is 17.0. The molecule has 0 fully saturated rings. The molecule has 0 radical (unpaired) electrons. The van der Waals surface area contributed by atoms with E-state index in [1.54, 1.807) is 12.0 Å². The van der Waals surface area contributed by atoms with Crippen molar-refractivity contribution in [2.45, 2.75) is 19.4 Å².